The SMILES string of the molecule is CCOc1ccccc1-c1nc(CC(=O)NCc2nc(C)cs2)cs1. The summed E-state index contributed by atoms with van der Waals surface area (Å²) in [6.07, 6.45) is 0.262. The van der Waals surface area contributed by atoms with Crippen LogP contribution in [0.1, 0.15) is 23.3 Å². The van der Waals surface area contributed by atoms with E-state index in [0.29, 0.717) is 13.2 Å². The van der Waals surface area contributed by atoms with Crippen molar-refractivity contribution < 1.29 is 9.53 Å². The normalized spacial score (nSPS) is 10.6. The molecule has 3 aromatic rings. The molecule has 130 valence electrons. The van der Waals surface area contributed by atoms with Crippen molar-refractivity contribution in [3.05, 3.63) is 51.4 Å². The Morgan fingerprint density at radius 3 is 2.80 bits per heavy atom. The van der Waals surface area contributed by atoms with Gasteiger partial charge < -0.3 is 10.1 Å². The first-order valence-corrected chi connectivity index (χ1v) is 9.76. The number of ether oxygens (including phenoxy) is 1. The Morgan fingerprint density at radius 1 is 1.20 bits per heavy atom. The van der Waals surface area contributed by atoms with Crippen molar-refractivity contribution in [2.24, 2.45) is 0 Å². The molecule has 0 atom stereocenters. The van der Waals surface area contributed by atoms with Gasteiger partial charge in [-0.25, -0.2) is 9.97 Å². The highest BCUT2D eigenvalue weighted by molar-refractivity contribution is 7.13. The molecule has 5 nitrogen and oxygen atoms in total. The second-order valence-electron chi connectivity index (χ2n) is 5.41. The van der Waals surface area contributed by atoms with E-state index in [1.165, 1.54) is 11.3 Å². The maximum absolute atomic E-state index is 12.1. The quantitative estimate of drug-likeness (QED) is 0.683. The summed E-state index contributed by atoms with van der Waals surface area (Å²) in [5.41, 5.74) is 2.70. The lowest BCUT2D eigenvalue weighted by molar-refractivity contribution is -0.120. The van der Waals surface area contributed by atoms with Crippen molar-refractivity contribution in [2.75, 3.05) is 6.61 Å². The molecule has 1 N–H and O–H groups in total. The first kappa shape index (κ1) is 17.6. The minimum atomic E-state index is -0.0530. The van der Waals surface area contributed by atoms with E-state index in [2.05, 4.69) is 15.3 Å². The molecule has 3 rings (SSSR count). The van der Waals surface area contributed by atoms with Crippen molar-refractivity contribution in [2.45, 2.75) is 26.8 Å². The number of nitrogens with one attached hydrogen (secondary N) is 1. The lowest BCUT2D eigenvalue weighted by atomic mass is 10.2. The number of para-hydroxylation sites is 1. The number of hydrogen-bond donors (Lipinski definition) is 1. The molecule has 0 fully saturated rings. The zero-order valence-corrected chi connectivity index (χ0v) is 15.7. The smallest absolute Gasteiger partial charge is 0.226 e. The number of aryl methyl sites for hydroxylation is 1. The van der Waals surface area contributed by atoms with Crippen LogP contribution in [0, 0.1) is 6.92 Å². The molecule has 7 heteroatoms. The van der Waals surface area contributed by atoms with Gasteiger partial charge in [0.2, 0.25) is 5.91 Å². The highest BCUT2D eigenvalue weighted by Gasteiger charge is 2.12. The van der Waals surface area contributed by atoms with Gasteiger partial charge in [0.05, 0.1) is 30.8 Å². The maximum atomic E-state index is 12.1. The van der Waals surface area contributed by atoms with E-state index in [1.54, 1.807) is 11.3 Å². The topological polar surface area (TPSA) is 64.1 Å². The summed E-state index contributed by atoms with van der Waals surface area (Å²) in [4.78, 5) is 21.0. The van der Waals surface area contributed by atoms with Crippen molar-refractivity contribution in [3.63, 3.8) is 0 Å². The number of carbonyl (C=O) groups excluding carboxylic acids is 1. The maximum Gasteiger partial charge on any atom is 0.226 e. The molecule has 0 saturated carbocycles. The summed E-state index contributed by atoms with van der Waals surface area (Å²) < 4.78 is 5.65. The fourth-order valence-electron chi connectivity index (χ4n) is 2.32. The van der Waals surface area contributed by atoms with E-state index in [1.807, 2.05) is 48.9 Å². The molecular weight excluding hydrogens is 354 g/mol. The fraction of sp³-hybridized carbons (Fsp3) is 0.278. The molecule has 0 unspecified atom stereocenters. The molecule has 0 aliphatic heterocycles. The molecule has 1 amide bonds. The zero-order valence-electron chi connectivity index (χ0n) is 14.1. The lowest BCUT2D eigenvalue weighted by Gasteiger charge is -2.07. The molecule has 2 heterocycles. The van der Waals surface area contributed by atoms with Gasteiger partial charge in [-0.1, -0.05) is 12.1 Å². The molecule has 2 aromatic heterocycles. The molecule has 0 radical (unpaired) electrons. The van der Waals surface area contributed by atoms with Crippen LogP contribution in [-0.2, 0) is 17.8 Å². The van der Waals surface area contributed by atoms with Crippen LogP contribution in [0.2, 0.25) is 0 Å². The molecule has 1 aromatic carbocycles. The summed E-state index contributed by atoms with van der Waals surface area (Å²) in [5, 5.41) is 8.56. The van der Waals surface area contributed by atoms with Gasteiger partial charge in [-0.15, -0.1) is 22.7 Å². The van der Waals surface area contributed by atoms with Gasteiger partial charge in [0.1, 0.15) is 15.8 Å². The molecule has 0 aliphatic carbocycles. The van der Waals surface area contributed by atoms with Crippen LogP contribution >= 0.6 is 22.7 Å². The van der Waals surface area contributed by atoms with Crippen molar-refractivity contribution >= 4 is 28.6 Å². The van der Waals surface area contributed by atoms with Crippen LogP contribution in [-0.4, -0.2) is 22.5 Å². The predicted octanol–water partition coefficient (Wildman–Crippen LogP) is 3.83. The van der Waals surface area contributed by atoms with E-state index >= 15 is 0 Å². The summed E-state index contributed by atoms with van der Waals surface area (Å²) >= 11 is 3.07. The number of thiazole rings is 2. The van der Waals surface area contributed by atoms with Gasteiger partial charge in [0, 0.05) is 16.5 Å². The van der Waals surface area contributed by atoms with Gasteiger partial charge in [-0.2, -0.15) is 0 Å². The highest BCUT2D eigenvalue weighted by Crippen LogP contribution is 2.32. The Bertz CT molecular complexity index is 857. The zero-order chi connectivity index (χ0) is 17.6. The number of nitrogens with zero attached hydrogens (tertiary/aromatic N) is 2. The van der Waals surface area contributed by atoms with Gasteiger partial charge in [0.25, 0.3) is 0 Å². The standard InChI is InChI=1S/C18H19N3O2S2/c1-3-23-15-7-5-4-6-14(15)18-21-13(11-25-18)8-16(22)19-9-17-20-12(2)10-24-17/h4-7,10-11H,3,8-9H2,1-2H3,(H,19,22). The highest BCUT2D eigenvalue weighted by atomic mass is 32.1. The van der Waals surface area contributed by atoms with E-state index in [4.69, 9.17) is 4.74 Å². The molecule has 0 spiro atoms. The molecular formula is C18H19N3O2S2. The number of hydrogen-bond acceptors (Lipinski definition) is 6. The van der Waals surface area contributed by atoms with Crippen molar-refractivity contribution in [3.8, 4) is 16.3 Å². The van der Waals surface area contributed by atoms with Crippen LogP contribution in [0.3, 0.4) is 0 Å². The van der Waals surface area contributed by atoms with Crippen LogP contribution in [0.4, 0.5) is 0 Å². The first-order valence-electron chi connectivity index (χ1n) is 8.00. The summed E-state index contributed by atoms with van der Waals surface area (Å²) in [7, 11) is 0. The number of rotatable bonds is 7. The molecule has 0 bridgehead atoms. The van der Waals surface area contributed by atoms with E-state index in [-0.39, 0.29) is 12.3 Å². The predicted molar refractivity (Wildman–Crippen MR) is 101 cm³/mol. The Balaban J connectivity index is 1.62. The Morgan fingerprint density at radius 2 is 2.04 bits per heavy atom. The Labute approximate surface area is 154 Å². The summed E-state index contributed by atoms with van der Waals surface area (Å²) in [5.74, 6) is 0.761. The largest absolute Gasteiger partial charge is 0.493 e. The second kappa shape index (κ2) is 8.22. The summed E-state index contributed by atoms with van der Waals surface area (Å²) in [6, 6.07) is 7.82. The Hall–Kier alpha value is -2.25. The fourth-order valence-corrected chi connectivity index (χ4v) is 3.88. The second-order valence-corrected chi connectivity index (χ2v) is 7.21. The van der Waals surface area contributed by atoms with Crippen LogP contribution in [0.25, 0.3) is 10.6 Å². The van der Waals surface area contributed by atoms with Gasteiger partial charge in [-0.3, -0.25) is 4.79 Å². The van der Waals surface area contributed by atoms with Crippen molar-refractivity contribution in [1.82, 2.24) is 15.3 Å². The minimum Gasteiger partial charge on any atom is -0.493 e. The van der Waals surface area contributed by atoms with E-state index in [0.717, 1.165) is 32.7 Å². The number of aromatic nitrogens is 2. The third-order valence-electron chi connectivity index (χ3n) is 3.41. The monoisotopic (exact) mass is 373 g/mol. The number of carbonyl (C=O) groups is 1. The van der Waals surface area contributed by atoms with Gasteiger partial charge >= 0.3 is 0 Å². The minimum absolute atomic E-state index is 0.0530. The average Bonchev–Trinajstić information content (AvgIpc) is 3.23. The third kappa shape index (κ3) is 4.64. The average molecular weight is 374 g/mol. The van der Waals surface area contributed by atoms with Crippen molar-refractivity contribution in [1.29, 1.82) is 0 Å². The van der Waals surface area contributed by atoms with Crippen LogP contribution in [0.15, 0.2) is 35.0 Å². The summed E-state index contributed by atoms with van der Waals surface area (Å²) in [6.45, 7) is 4.96. The van der Waals surface area contributed by atoms with Crippen LogP contribution < -0.4 is 10.1 Å². The molecule has 0 aliphatic rings. The van der Waals surface area contributed by atoms with E-state index in [9.17, 15) is 4.79 Å². The third-order valence-corrected chi connectivity index (χ3v) is 5.31. The first-order chi connectivity index (χ1) is 12.2. The molecule has 0 saturated heterocycles. The number of amides is 1. The Kier molecular flexibility index (Phi) is 5.78. The van der Waals surface area contributed by atoms with E-state index < -0.39 is 0 Å². The molecule has 25 heavy (non-hydrogen) atoms. The van der Waals surface area contributed by atoms with Crippen LogP contribution in [0.5, 0.6) is 5.75 Å². The lowest BCUT2D eigenvalue weighted by Crippen LogP contribution is -2.24. The van der Waals surface area contributed by atoms with Gasteiger partial charge in [0.15, 0.2) is 0 Å². The number of benzene rings is 1. The van der Waals surface area contributed by atoms with Gasteiger partial charge in [-0.05, 0) is 26.0 Å².